The SMILES string of the molecule is CN(C(=O)N1CCC(CC(=O)O)CC1)C1CCC1. The van der Waals surface area contributed by atoms with E-state index in [0.29, 0.717) is 19.1 Å². The third kappa shape index (κ3) is 2.94. The standard InChI is InChI=1S/C13H22N2O3/c1-14(11-3-2-4-11)13(18)15-7-5-10(6-8-15)9-12(16)17/h10-11H,2-9H2,1H3,(H,16,17). The van der Waals surface area contributed by atoms with Gasteiger partial charge in [-0.05, 0) is 38.0 Å². The number of amides is 2. The van der Waals surface area contributed by atoms with Crippen molar-refractivity contribution in [3.8, 4) is 0 Å². The van der Waals surface area contributed by atoms with E-state index in [0.717, 1.165) is 25.7 Å². The highest BCUT2D eigenvalue weighted by Crippen LogP contribution is 2.26. The fourth-order valence-corrected chi connectivity index (χ4v) is 2.73. The minimum Gasteiger partial charge on any atom is -0.481 e. The van der Waals surface area contributed by atoms with Crippen LogP contribution in [0.4, 0.5) is 4.79 Å². The first-order valence-electron chi connectivity index (χ1n) is 6.81. The molecule has 2 fully saturated rings. The molecule has 0 aromatic rings. The van der Waals surface area contributed by atoms with E-state index in [1.807, 2.05) is 16.8 Å². The van der Waals surface area contributed by atoms with Crippen molar-refractivity contribution < 1.29 is 14.7 Å². The maximum absolute atomic E-state index is 12.2. The first kappa shape index (κ1) is 13.2. The summed E-state index contributed by atoms with van der Waals surface area (Å²) in [5.41, 5.74) is 0. The molecule has 0 unspecified atom stereocenters. The van der Waals surface area contributed by atoms with Crippen molar-refractivity contribution in [1.82, 2.24) is 9.80 Å². The summed E-state index contributed by atoms with van der Waals surface area (Å²) in [4.78, 5) is 26.6. The van der Waals surface area contributed by atoms with Crippen LogP contribution in [0.3, 0.4) is 0 Å². The van der Waals surface area contributed by atoms with Gasteiger partial charge in [-0.15, -0.1) is 0 Å². The molecule has 0 radical (unpaired) electrons. The van der Waals surface area contributed by atoms with Crippen LogP contribution in [0.25, 0.3) is 0 Å². The zero-order valence-electron chi connectivity index (χ0n) is 11.0. The zero-order valence-corrected chi connectivity index (χ0v) is 11.0. The van der Waals surface area contributed by atoms with Crippen molar-refractivity contribution in [3.63, 3.8) is 0 Å². The molecular formula is C13H22N2O3. The van der Waals surface area contributed by atoms with Gasteiger partial charge < -0.3 is 14.9 Å². The Morgan fingerprint density at radius 2 is 1.83 bits per heavy atom. The van der Waals surface area contributed by atoms with Crippen LogP contribution >= 0.6 is 0 Å². The number of likely N-dealkylation sites (tertiary alicyclic amines) is 1. The molecule has 0 spiro atoms. The summed E-state index contributed by atoms with van der Waals surface area (Å²) in [7, 11) is 1.88. The van der Waals surface area contributed by atoms with Gasteiger partial charge in [0.2, 0.25) is 0 Å². The third-order valence-corrected chi connectivity index (χ3v) is 4.27. The molecule has 5 heteroatoms. The van der Waals surface area contributed by atoms with Crippen LogP contribution < -0.4 is 0 Å². The molecule has 1 heterocycles. The smallest absolute Gasteiger partial charge is 0.319 e. The largest absolute Gasteiger partial charge is 0.481 e. The minimum absolute atomic E-state index is 0.119. The number of piperidine rings is 1. The van der Waals surface area contributed by atoms with E-state index < -0.39 is 5.97 Å². The summed E-state index contributed by atoms with van der Waals surface area (Å²) in [6.07, 6.45) is 5.34. The molecule has 102 valence electrons. The van der Waals surface area contributed by atoms with Crippen molar-refractivity contribution in [2.24, 2.45) is 5.92 Å². The summed E-state index contributed by atoms with van der Waals surface area (Å²) in [5, 5.41) is 8.75. The molecule has 1 aliphatic heterocycles. The molecule has 1 saturated carbocycles. The number of carboxylic acid groups (broad SMARTS) is 1. The van der Waals surface area contributed by atoms with E-state index in [2.05, 4.69) is 0 Å². The monoisotopic (exact) mass is 254 g/mol. The molecule has 1 saturated heterocycles. The second-order valence-corrected chi connectivity index (χ2v) is 5.51. The first-order valence-corrected chi connectivity index (χ1v) is 6.81. The Bertz CT molecular complexity index is 320. The highest BCUT2D eigenvalue weighted by atomic mass is 16.4. The Hall–Kier alpha value is -1.26. The molecule has 0 aromatic heterocycles. The molecule has 0 aromatic carbocycles. The van der Waals surface area contributed by atoms with Gasteiger partial charge in [-0.1, -0.05) is 0 Å². The van der Waals surface area contributed by atoms with E-state index in [9.17, 15) is 9.59 Å². The quantitative estimate of drug-likeness (QED) is 0.835. The fraction of sp³-hybridized carbons (Fsp3) is 0.846. The number of carbonyl (C=O) groups is 2. The molecule has 5 nitrogen and oxygen atoms in total. The minimum atomic E-state index is -0.730. The molecule has 2 aliphatic rings. The van der Waals surface area contributed by atoms with Crippen LogP contribution in [0, 0.1) is 5.92 Å². The summed E-state index contributed by atoms with van der Waals surface area (Å²) in [5.74, 6) is -0.494. The average Bonchev–Trinajstić information content (AvgIpc) is 2.26. The summed E-state index contributed by atoms with van der Waals surface area (Å²) in [6, 6.07) is 0.544. The van der Waals surface area contributed by atoms with E-state index in [-0.39, 0.29) is 18.4 Å². The van der Waals surface area contributed by atoms with Gasteiger partial charge in [-0.3, -0.25) is 4.79 Å². The molecule has 1 N–H and O–H groups in total. The van der Waals surface area contributed by atoms with Crippen molar-refractivity contribution in [2.75, 3.05) is 20.1 Å². The van der Waals surface area contributed by atoms with Crippen LogP contribution in [0.1, 0.15) is 38.5 Å². The Morgan fingerprint density at radius 1 is 1.22 bits per heavy atom. The number of hydrogen-bond acceptors (Lipinski definition) is 2. The van der Waals surface area contributed by atoms with Gasteiger partial charge in [0.25, 0.3) is 0 Å². The number of carboxylic acids is 1. The van der Waals surface area contributed by atoms with Crippen molar-refractivity contribution in [2.45, 2.75) is 44.6 Å². The highest BCUT2D eigenvalue weighted by molar-refractivity contribution is 5.74. The van der Waals surface area contributed by atoms with Gasteiger partial charge >= 0.3 is 12.0 Å². The second-order valence-electron chi connectivity index (χ2n) is 5.51. The normalized spacial score (nSPS) is 21.5. The topological polar surface area (TPSA) is 60.9 Å². The van der Waals surface area contributed by atoms with Crippen molar-refractivity contribution in [1.29, 1.82) is 0 Å². The van der Waals surface area contributed by atoms with Gasteiger partial charge in [0.1, 0.15) is 0 Å². The van der Waals surface area contributed by atoms with Crippen LogP contribution in [0.15, 0.2) is 0 Å². The number of hydrogen-bond donors (Lipinski definition) is 1. The van der Waals surface area contributed by atoms with Crippen LogP contribution in [-0.2, 0) is 4.79 Å². The van der Waals surface area contributed by atoms with Crippen LogP contribution in [0.5, 0.6) is 0 Å². The van der Waals surface area contributed by atoms with E-state index in [4.69, 9.17) is 5.11 Å². The predicted octanol–water partition coefficient (Wildman–Crippen LogP) is 1.78. The van der Waals surface area contributed by atoms with E-state index in [1.165, 1.54) is 6.42 Å². The van der Waals surface area contributed by atoms with E-state index >= 15 is 0 Å². The molecule has 2 amide bonds. The Labute approximate surface area is 108 Å². The predicted molar refractivity (Wildman–Crippen MR) is 67.3 cm³/mol. The molecule has 0 atom stereocenters. The van der Waals surface area contributed by atoms with E-state index in [1.54, 1.807) is 0 Å². The van der Waals surface area contributed by atoms with Gasteiger partial charge in [-0.2, -0.15) is 0 Å². The van der Waals surface area contributed by atoms with Gasteiger partial charge in [-0.25, -0.2) is 4.79 Å². The van der Waals surface area contributed by atoms with Crippen molar-refractivity contribution >= 4 is 12.0 Å². The van der Waals surface area contributed by atoms with Gasteiger partial charge in [0.15, 0.2) is 0 Å². The van der Waals surface area contributed by atoms with Gasteiger partial charge in [0.05, 0.1) is 0 Å². The zero-order chi connectivity index (χ0) is 13.1. The molecular weight excluding hydrogens is 232 g/mol. The average molecular weight is 254 g/mol. The number of nitrogens with zero attached hydrogens (tertiary/aromatic N) is 2. The first-order chi connectivity index (χ1) is 8.58. The maximum Gasteiger partial charge on any atom is 0.319 e. The van der Waals surface area contributed by atoms with Crippen molar-refractivity contribution in [3.05, 3.63) is 0 Å². The fourth-order valence-electron chi connectivity index (χ4n) is 2.73. The summed E-state index contributed by atoms with van der Waals surface area (Å²) in [6.45, 7) is 1.40. The number of aliphatic carboxylic acids is 1. The lowest BCUT2D eigenvalue weighted by Crippen LogP contribution is -2.50. The van der Waals surface area contributed by atoms with Gasteiger partial charge in [0, 0.05) is 32.6 Å². The Morgan fingerprint density at radius 3 is 2.28 bits per heavy atom. The molecule has 0 bridgehead atoms. The highest BCUT2D eigenvalue weighted by Gasteiger charge is 2.31. The second kappa shape index (κ2) is 5.59. The number of carbonyl (C=O) groups excluding carboxylic acids is 1. The lowest BCUT2D eigenvalue weighted by Gasteiger charge is -2.40. The summed E-state index contributed by atoms with van der Waals surface area (Å²) >= 11 is 0. The number of urea groups is 1. The third-order valence-electron chi connectivity index (χ3n) is 4.27. The van der Waals surface area contributed by atoms with Crippen LogP contribution in [-0.4, -0.2) is 53.1 Å². The Kier molecular flexibility index (Phi) is 4.09. The van der Waals surface area contributed by atoms with Crippen LogP contribution in [0.2, 0.25) is 0 Å². The molecule has 1 aliphatic carbocycles. The lowest BCUT2D eigenvalue weighted by atomic mass is 9.91. The summed E-state index contributed by atoms with van der Waals surface area (Å²) < 4.78 is 0. The molecule has 18 heavy (non-hydrogen) atoms. The lowest BCUT2D eigenvalue weighted by molar-refractivity contribution is -0.138. The maximum atomic E-state index is 12.2. The molecule has 2 rings (SSSR count). The number of rotatable bonds is 3. The Balaban J connectivity index is 1.78.